The van der Waals surface area contributed by atoms with Gasteiger partial charge in [0.2, 0.25) is 0 Å². The minimum Gasteiger partial charge on any atom is -0.462 e. The molecule has 0 fully saturated rings. The normalized spacial score (nSPS) is 10.9. The molecule has 0 bridgehead atoms. The van der Waals surface area contributed by atoms with Crippen molar-refractivity contribution in [3.8, 4) is 16.9 Å². The molecule has 3 rings (SSSR count). The maximum absolute atomic E-state index is 14.8. The van der Waals surface area contributed by atoms with E-state index in [0.717, 1.165) is 6.07 Å². The Morgan fingerprint density at radius 2 is 1.70 bits per heavy atom. The Balaban J connectivity index is 2.34. The molecule has 0 radical (unpaired) electrons. The van der Waals surface area contributed by atoms with Crippen LogP contribution in [0.15, 0.2) is 42.5 Å². The van der Waals surface area contributed by atoms with Crippen molar-refractivity contribution in [2.75, 3.05) is 6.61 Å². The predicted octanol–water partition coefficient (Wildman–Crippen LogP) is 5.36. The summed E-state index contributed by atoms with van der Waals surface area (Å²) in [4.78, 5) is 12.3. The molecule has 0 saturated heterocycles. The molecule has 0 aliphatic carbocycles. The van der Waals surface area contributed by atoms with Gasteiger partial charge < -0.3 is 9.30 Å². The van der Waals surface area contributed by atoms with Crippen LogP contribution in [0.4, 0.5) is 13.2 Å². The molecule has 6 heteroatoms. The first-order valence-corrected chi connectivity index (χ1v) is 8.46. The molecule has 0 saturated carbocycles. The lowest BCUT2D eigenvalue weighted by Gasteiger charge is -2.15. The molecule has 0 spiro atoms. The Bertz CT molecular complexity index is 1010. The highest BCUT2D eigenvalue weighted by atomic mass is 19.2. The van der Waals surface area contributed by atoms with Crippen LogP contribution in [-0.4, -0.2) is 17.1 Å². The zero-order chi connectivity index (χ0) is 19.7. The Morgan fingerprint density at radius 3 is 2.33 bits per heavy atom. The molecule has 1 heterocycles. The van der Waals surface area contributed by atoms with Crippen molar-refractivity contribution in [3.63, 3.8) is 0 Å². The molecule has 0 amide bonds. The number of hydrogen-bond acceptors (Lipinski definition) is 2. The fourth-order valence-corrected chi connectivity index (χ4v) is 3.03. The summed E-state index contributed by atoms with van der Waals surface area (Å²) in [5, 5.41) is 0. The maximum Gasteiger partial charge on any atom is 0.339 e. The smallest absolute Gasteiger partial charge is 0.339 e. The van der Waals surface area contributed by atoms with Gasteiger partial charge in [0.25, 0.3) is 0 Å². The van der Waals surface area contributed by atoms with Crippen LogP contribution in [0.25, 0.3) is 16.9 Å². The van der Waals surface area contributed by atoms with Gasteiger partial charge in [0.05, 0.1) is 23.6 Å². The number of ether oxygens (including phenoxy) is 1. The van der Waals surface area contributed by atoms with E-state index >= 15 is 0 Å². The first kappa shape index (κ1) is 18.8. The summed E-state index contributed by atoms with van der Waals surface area (Å²) < 4.78 is 49.1. The summed E-state index contributed by atoms with van der Waals surface area (Å²) in [6.45, 7) is 4.64. The molecular formula is C21H18F3NO2. The maximum atomic E-state index is 14.8. The van der Waals surface area contributed by atoms with Crippen molar-refractivity contribution >= 4 is 5.97 Å². The standard InChI is InChI=1S/C21H18F3NO2/c1-4-27-21(26)15-10-17(14-8-6-5-7-9-14)25(13(15)3)18-11-16(22)19(23)12(2)20(18)24/h5-11H,4H2,1-3H3. The van der Waals surface area contributed by atoms with Gasteiger partial charge in [0.1, 0.15) is 0 Å². The van der Waals surface area contributed by atoms with Crippen LogP contribution in [0.2, 0.25) is 0 Å². The SMILES string of the molecule is CCOC(=O)c1cc(-c2ccccc2)n(-c2cc(F)c(F)c(C)c2F)c1C. The average Bonchev–Trinajstić information content (AvgIpc) is 3.01. The Kier molecular flexibility index (Phi) is 5.08. The molecule has 0 unspecified atom stereocenters. The molecule has 0 aliphatic heterocycles. The summed E-state index contributed by atoms with van der Waals surface area (Å²) >= 11 is 0. The Hall–Kier alpha value is -3.02. The second-order valence-corrected chi connectivity index (χ2v) is 6.08. The molecule has 0 atom stereocenters. The molecule has 3 aromatic rings. The third kappa shape index (κ3) is 3.23. The van der Waals surface area contributed by atoms with E-state index in [9.17, 15) is 18.0 Å². The first-order valence-electron chi connectivity index (χ1n) is 8.46. The fraction of sp³-hybridized carbons (Fsp3) is 0.190. The van der Waals surface area contributed by atoms with Crippen molar-refractivity contribution in [3.05, 3.63) is 76.7 Å². The van der Waals surface area contributed by atoms with Crippen LogP contribution in [0, 0.1) is 31.3 Å². The summed E-state index contributed by atoms with van der Waals surface area (Å²) in [7, 11) is 0. The molecule has 0 aliphatic rings. The number of aromatic nitrogens is 1. The number of hydrogen-bond donors (Lipinski definition) is 0. The zero-order valence-electron chi connectivity index (χ0n) is 15.1. The fourth-order valence-electron chi connectivity index (χ4n) is 3.03. The van der Waals surface area contributed by atoms with E-state index in [0.29, 0.717) is 17.0 Å². The lowest BCUT2D eigenvalue weighted by atomic mass is 10.1. The molecule has 2 aromatic carbocycles. The van der Waals surface area contributed by atoms with E-state index in [2.05, 4.69) is 0 Å². The van der Waals surface area contributed by atoms with Gasteiger partial charge >= 0.3 is 5.97 Å². The van der Waals surface area contributed by atoms with Crippen LogP contribution in [0.1, 0.15) is 28.5 Å². The summed E-state index contributed by atoms with van der Waals surface area (Å²) in [6, 6.07) is 11.3. The van der Waals surface area contributed by atoms with Crippen LogP contribution < -0.4 is 0 Å². The van der Waals surface area contributed by atoms with E-state index in [4.69, 9.17) is 4.74 Å². The van der Waals surface area contributed by atoms with E-state index in [1.165, 1.54) is 11.5 Å². The molecule has 3 nitrogen and oxygen atoms in total. The quantitative estimate of drug-likeness (QED) is 0.456. The highest BCUT2D eigenvalue weighted by Crippen LogP contribution is 2.33. The third-order valence-electron chi connectivity index (χ3n) is 4.41. The summed E-state index contributed by atoms with van der Waals surface area (Å²) in [6.07, 6.45) is 0. The van der Waals surface area contributed by atoms with Gasteiger partial charge in [-0.05, 0) is 32.4 Å². The highest BCUT2D eigenvalue weighted by Gasteiger charge is 2.24. The highest BCUT2D eigenvalue weighted by molar-refractivity contribution is 5.93. The lowest BCUT2D eigenvalue weighted by Crippen LogP contribution is -2.09. The van der Waals surface area contributed by atoms with Crippen molar-refractivity contribution in [1.82, 2.24) is 4.57 Å². The summed E-state index contributed by atoms with van der Waals surface area (Å²) in [5.41, 5.74) is 1.18. The van der Waals surface area contributed by atoms with Gasteiger partial charge in [-0.15, -0.1) is 0 Å². The van der Waals surface area contributed by atoms with Crippen molar-refractivity contribution in [2.24, 2.45) is 0 Å². The number of benzene rings is 2. The number of carbonyl (C=O) groups is 1. The minimum atomic E-state index is -1.23. The van der Waals surface area contributed by atoms with Crippen LogP contribution >= 0.6 is 0 Å². The van der Waals surface area contributed by atoms with E-state index < -0.39 is 29.0 Å². The molecule has 27 heavy (non-hydrogen) atoms. The monoisotopic (exact) mass is 373 g/mol. The second-order valence-electron chi connectivity index (χ2n) is 6.08. The van der Waals surface area contributed by atoms with Crippen molar-refractivity contribution in [2.45, 2.75) is 20.8 Å². The predicted molar refractivity (Wildman–Crippen MR) is 96.5 cm³/mol. The van der Waals surface area contributed by atoms with Gasteiger partial charge in [-0.2, -0.15) is 0 Å². The lowest BCUT2D eigenvalue weighted by molar-refractivity contribution is 0.0525. The Labute approximate surface area is 155 Å². The van der Waals surface area contributed by atoms with Crippen LogP contribution in [-0.2, 0) is 4.74 Å². The third-order valence-corrected chi connectivity index (χ3v) is 4.41. The van der Waals surface area contributed by atoms with E-state index in [-0.39, 0.29) is 17.9 Å². The van der Waals surface area contributed by atoms with Crippen molar-refractivity contribution < 1.29 is 22.7 Å². The van der Waals surface area contributed by atoms with Crippen LogP contribution in [0.5, 0.6) is 0 Å². The van der Waals surface area contributed by atoms with E-state index in [1.807, 2.05) is 6.07 Å². The number of esters is 1. The van der Waals surface area contributed by atoms with Crippen molar-refractivity contribution in [1.29, 1.82) is 0 Å². The number of rotatable bonds is 4. The van der Waals surface area contributed by atoms with Gasteiger partial charge in [-0.3, -0.25) is 0 Å². The number of halogens is 3. The second kappa shape index (κ2) is 7.31. The zero-order valence-corrected chi connectivity index (χ0v) is 15.1. The number of carbonyl (C=O) groups excluding carboxylic acids is 1. The van der Waals surface area contributed by atoms with E-state index in [1.54, 1.807) is 44.2 Å². The van der Waals surface area contributed by atoms with Crippen LogP contribution in [0.3, 0.4) is 0 Å². The van der Waals surface area contributed by atoms with Gasteiger partial charge in [-0.25, -0.2) is 18.0 Å². The summed E-state index contributed by atoms with van der Waals surface area (Å²) in [5.74, 6) is -3.84. The van der Waals surface area contributed by atoms with Gasteiger partial charge in [-0.1, -0.05) is 30.3 Å². The molecule has 0 N–H and O–H groups in total. The van der Waals surface area contributed by atoms with Gasteiger partial charge in [0, 0.05) is 17.3 Å². The Morgan fingerprint density at radius 1 is 1.04 bits per heavy atom. The van der Waals surface area contributed by atoms with Gasteiger partial charge in [0.15, 0.2) is 17.5 Å². The molecule has 140 valence electrons. The molecule has 1 aromatic heterocycles. The largest absolute Gasteiger partial charge is 0.462 e. The first-order chi connectivity index (χ1) is 12.9. The minimum absolute atomic E-state index is 0.168. The topological polar surface area (TPSA) is 31.2 Å². The number of nitrogens with zero attached hydrogens (tertiary/aromatic N) is 1. The average molecular weight is 373 g/mol. The molecular weight excluding hydrogens is 355 g/mol.